The number of furan rings is 1. The van der Waals surface area contributed by atoms with Crippen LogP contribution in [-0.4, -0.2) is 6.54 Å². The van der Waals surface area contributed by atoms with Crippen LogP contribution in [0.3, 0.4) is 0 Å². The van der Waals surface area contributed by atoms with Gasteiger partial charge in [0.1, 0.15) is 5.76 Å². The third-order valence-electron chi connectivity index (χ3n) is 5.12. The van der Waals surface area contributed by atoms with Crippen molar-refractivity contribution < 1.29 is 4.42 Å². The first-order valence-corrected chi connectivity index (χ1v) is 6.53. The fourth-order valence-electron chi connectivity index (χ4n) is 3.89. The van der Waals surface area contributed by atoms with Gasteiger partial charge in [-0.1, -0.05) is 0 Å². The van der Waals surface area contributed by atoms with Crippen molar-refractivity contribution >= 4 is 0 Å². The van der Waals surface area contributed by atoms with Gasteiger partial charge in [0.25, 0.3) is 0 Å². The van der Waals surface area contributed by atoms with E-state index < -0.39 is 0 Å². The molecule has 0 saturated heterocycles. The first kappa shape index (κ1) is 10.4. The molecular formula is C14H21NO. The van der Waals surface area contributed by atoms with E-state index in [1.165, 1.54) is 50.7 Å². The van der Waals surface area contributed by atoms with Crippen LogP contribution < -0.4 is 5.73 Å². The lowest BCUT2D eigenvalue weighted by molar-refractivity contribution is 0.0240. The fourth-order valence-corrected chi connectivity index (χ4v) is 3.89. The molecule has 0 spiro atoms. The normalized spacial score (nSPS) is 37.8. The molecule has 1 aromatic heterocycles. The minimum absolute atomic E-state index is 0.375. The molecule has 2 N–H and O–H groups in total. The molecule has 0 unspecified atom stereocenters. The highest BCUT2D eigenvalue weighted by atomic mass is 16.3. The summed E-state index contributed by atoms with van der Waals surface area (Å²) in [6.07, 6.45) is 11.0. The lowest BCUT2D eigenvalue weighted by Gasteiger charge is -2.52. The Morgan fingerprint density at radius 3 is 2.31 bits per heavy atom. The molecule has 0 atom stereocenters. The zero-order valence-electron chi connectivity index (χ0n) is 9.87. The quantitative estimate of drug-likeness (QED) is 0.847. The van der Waals surface area contributed by atoms with E-state index in [2.05, 4.69) is 6.07 Å². The maximum atomic E-state index is 5.75. The highest BCUT2D eigenvalue weighted by Gasteiger charge is 2.49. The number of nitrogens with two attached hydrogens (primary N) is 1. The van der Waals surface area contributed by atoms with Crippen molar-refractivity contribution in [3.63, 3.8) is 0 Å². The van der Waals surface area contributed by atoms with Gasteiger partial charge in [-0.15, -0.1) is 0 Å². The Labute approximate surface area is 97.2 Å². The predicted octanol–water partition coefficient (Wildman–Crippen LogP) is 3.22. The van der Waals surface area contributed by atoms with Gasteiger partial charge in [0.2, 0.25) is 0 Å². The molecule has 0 amide bonds. The second-order valence-electron chi connectivity index (χ2n) is 5.80. The zero-order chi connectivity index (χ0) is 11.1. The fraction of sp³-hybridized carbons (Fsp3) is 0.714. The van der Waals surface area contributed by atoms with Crippen LogP contribution in [0.5, 0.6) is 0 Å². The van der Waals surface area contributed by atoms with E-state index in [1.54, 1.807) is 0 Å². The highest BCUT2D eigenvalue weighted by molar-refractivity contribution is 5.19. The summed E-state index contributed by atoms with van der Waals surface area (Å²) in [6, 6.07) is 4.20. The molecule has 3 aliphatic carbocycles. The van der Waals surface area contributed by atoms with E-state index in [4.69, 9.17) is 10.2 Å². The number of hydrogen-bond donors (Lipinski definition) is 1. The van der Waals surface area contributed by atoms with Crippen LogP contribution in [0.15, 0.2) is 22.8 Å². The molecule has 2 heteroatoms. The van der Waals surface area contributed by atoms with E-state index >= 15 is 0 Å². The predicted molar refractivity (Wildman–Crippen MR) is 64.2 cm³/mol. The monoisotopic (exact) mass is 219 g/mol. The van der Waals surface area contributed by atoms with E-state index in [-0.39, 0.29) is 0 Å². The van der Waals surface area contributed by atoms with Gasteiger partial charge in [-0.3, -0.25) is 0 Å². The third kappa shape index (κ3) is 1.43. The summed E-state index contributed by atoms with van der Waals surface area (Å²) in [6.45, 7) is 0.855. The minimum Gasteiger partial charge on any atom is -0.469 e. The molecule has 2 nitrogen and oxygen atoms in total. The summed E-state index contributed by atoms with van der Waals surface area (Å²) in [7, 11) is 0. The average molecular weight is 219 g/mol. The van der Waals surface area contributed by atoms with Crippen LogP contribution in [0.4, 0.5) is 0 Å². The van der Waals surface area contributed by atoms with Crippen LogP contribution in [0.25, 0.3) is 0 Å². The Morgan fingerprint density at radius 2 is 1.81 bits per heavy atom. The molecule has 3 fully saturated rings. The van der Waals surface area contributed by atoms with E-state index in [0.717, 1.165) is 6.54 Å². The van der Waals surface area contributed by atoms with Gasteiger partial charge >= 0.3 is 0 Å². The van der Waals surface area contributed by atoms with Crippen molar-refractivity contribution in [1.29, 1.82) is 0 Å². The third-order valence-corrected chi connectivity index (χ3v) is 5.12. The molecule has 0 aromatic carbocycles. The molecule has 3 saturated carbocycles. The summed E-state index contributed by atoms with van der Waals surface area (Å²) >= 11 is 0. The first-order valence-electron chi connectivity index (χ1n) is 6.53. The van der Waals surface area contributed by atoms with Crippen LogP contribution >= 0.6 is 0 Å². The summed E-state index contributed by atoms with van der Waals surface area (Å²) in [5.74, 6) is 1.23. The van der Waals surface area contributed by atoms with Gasteiger partial charge in [0.05, 0.1) is 6.26 Å². The van der Waals surface area contributed by atoms with E-state index in [1.807, 2.05) is 12.3 Å². The van der Waals surface area contributed by atoms with Crippen LogP contribution in [0, 0.1) is 5.41 Å². The van der Waals surface area contributed by atoms with Gasteiger partial charge < -0.3 is 10.2 Å². The standard InChI is InChI=1S/C14H21NO/c15-10-9-13-3-6-14(7-4-13,8-5-13)12-2-1-11-16-12/h1-2,11H,3-10,15H2. The van der Waals surface area contributed by atoms with Crippen LogP contribution in [0.1, 0.15) is 50.7 Å². The highest BCUT2D eigenvalue weighted by Crippen LogP contribution is 2.58. The molecule has 0 radical (unpaired) electrons. The van der Waals surface area contributed by atoms with Gasteiger partial charge in [-0.05, 0) is 69.0 Å². The summed E-state index contributed by atoms with van der Waals surface area (Å²) in [5.41, 5.74) is 6.71. The van der Waals surface area contributed by atoms with Gasteiger partial charge in [0, 0.05) is 5.41 Å². The maximum absolute atomic E-state index is 5.75. The van der Waals surface area contributed by atoms with Crippen LogP contribution in [0.2, 0.25) is 0 Å². The summed E-state index contributed by atoms with van der Waals surface area (Å²) in [5, 5.41) is 0. The molecular weight excluding hydrogens is 198 g/mol. The zero-order valence-corrected chi connectivity index (χ0v) is 9.87. The van der Waals surface area contributed by atoms with E-state index in [9.17, 15) is 0 Å². The first-order chi connectivity index (χ1) is 7.79. The lowest BCUT2D eigenvalue weighted by atomic mass is 9.52. The Balaban J connectivity index is 1.81. The molecule has 1 aromatic rings. The minimum atomic E-state index is 0.375. The van der Waals surface area contributed by atoms with Crippen molar-refractivity contribution in [2.75, 3.05) is 6.54 Å². The second-order valence-corrected chi connectivity index (χ2v) is 5.80. The van der Waals surface area contributed by atoms with E-state index in [0.29, 0.717) is 10.8 Å². The largest absolute Gasteiger partial charge is 0.469 e. The van der Waals surface area contributed by atoms with Crippen molar-refractivity contribution in [3.8, 4) is 0 Å². The molecule has 0 aliphatic heterocycles. The molecule has 3 aliphatic rings. The Bertz CT molecular complexity index is 330. The van der Waals surface area contributed by atoms with Gasteiger partial charge in [-0.2, -0.15) is 0 Å². The maximum Gasteiger partial charge on any atom is 0.109 e. The van der Waals surface area contributed by atoms with Crippen molar-refractivity contribution in [2.24, 2.45) is 11.1 Å². The number of fused-ring (bicyclic) bond motifs is 3. The number of rotatable bonds is 3. The molecule has 88 valence electrons. The van der Waals surface area contributed by atoms with Crippen molar-refractivity contribution in [3.05, 3.63) is 24.2 Å². The molecule has 4 rings (SSSR count). The molecule has 16 heavy (non-hydrogen) atoms. The molecule has 1 heterocycles. The number of hydrogen-bond acceptors (Lipinski definition) is 2. The lowest BCUT2D eigenvalue weighted by Crippen LogP contribution is -2.44. The molecule has 2 bridgehead atoms. The summed E-state index contributed by atoms with van der Waals surface area (Å²) < 4.78 is 5.66. The van der Waals surface area contributed by atoms with Gasteiger partial charge in [-0.25, -0.2) is 0 Å². The van der Waals surface area contributed by atoms with Crippen molar-refractivity contribution in [1.82, 2.24) is 0 Å². The van der Waals surface area contributed by atoms with Crippen molar-refractivity contribution in [2.45, 2.75) is 50.4 Å². The smallest absolute Gasteiger partial charge is 0.109 e. The second kappa shape index (κ2) is 3.63. The Kier molecular flexibility index (Phi) is 2.36. The Morgan fingerprint density at radius 1 is 1.12 bits per heavy atom. The SMILES string of the molecule is NCCC12CCC(c3ccco3)(CC1)CC2. The average Bonchev–Trinajstić information content (AvgIpc) is 2.86. The van der Waals surface area contributed by atoms with Crippen LogP contribution in [-0.2, 0) is 5.41 Å². The topological polar surface area (TPSA) is 39.2 Å². The summed E-state index contributed by atoms with van der Waals surface area (Å²) in [4.78, 5) is 0. The Hall–Kier alpha value is -0.760. The van der Waals surface area contributed by atoms with Gasteiger partial charge in [0.15, 0.2) is 0 Å².